The van der Waals surface area contributed by atoms with E-state index in [4.69, 9.17) is 0 Å². The van der Waals surface area contributed by atoms with Crippen LogP contribution in [0.15, 0.2) is 42.7 Å². The molecule has 0 aliphatic heterocycles. The third-order valence-corrected chi connectivity index (χ3v) is 3.39. The number of aromatic nitrogens is 2. The molecule has 102 valence electrons. The highest BCUT2D eigenvalue weighted by Gasteiger charge is 2.10. The Hall–Kier alpha value is -2.93. The summed E-state index contributed by atoms with van der Waals surface area (Å²) in [5.74, 6) is 0.597. The number of nitrogens with one attached hydrogen (secondary N) is 1. The van der Waals surface area contributed by atoms with Crippen LogP contribution in [0.2, 0.25) is 0 Å². The van der Waals surface area contributed by atoms with Crippen LogP contribution < -0.4 is 5.32 Å². The molecule has 3 rings (SSSR count). The van der Waals surface area contributed by atoms with Gasteiger partial charge in [-0.15, -0.1) is 0 Å². The predicted octanol–water partition coefficient (Wildman–Crippen LogP) is 3.86. The van der Waals surface area contributed by atoms with Crippen LogP contribution in [-0.4, -0.2) is 9.97 Å². The summed E-state index contributed by atoms with van der Waals surface area (Å²) in [5.41, 5.74) is 3.31. The third-order valence-electron chi connectivity index (χ3n) is 3.39. The molecule has 4 nitrogen and oxygen atoms in total. The minimum absolute atomic E-state index is 0.576. The van der Waals surface area contributed by atoms with Crippen molar-refractivity contribution in [3.05, 3.63) is 59.5 Å². The van der Waals surface area contributed by atoms with Crippen LogP contribution in [0.25, 0.3) is 10.8 Å². The molecule has 0 saturated carbocycles. The molecule has 0 bridgehead atoms. The molecule has 1 N–H and O–H groups in total. The van der Waals surface area contributed by atoms with Gasteiger partial charge in [0.15, 0.2) is 0 Å². The monoisotopic (exact) mass is 274 g/mol. The number of nitrogens with zero attached hydrogens (tertiary/aromatic N) is 3. The summed E-state index contributed by atoms with van der Waals surface area (Å²) >= 11 is 0. The van der Waals surface area contributed by atoms with E-state index >= 15 is 0 Å². The van der Waals surface area contributed by atoms with Gasteiger partial charge < -0.3 is 5.32 Å². The van der Waals surface area contributed by atoms with Gasteiger partial charge >= 0.3 is 0 Å². The Morgan fingerprint density at radius 3 is 2.86 bits per heavy atom. The first-order valence-corrected chi connectivity index (χ1v) is 6.67. The Kier molecular flexibility index (Phi) is 3.25. The van der Waals surface area contributed by atoms with E-state index in [1.165, 1.54) is 0 Å². The standard InChI is InChI=1S/C17H14N4/c1-11-8-12(2)20-17(15(11)9-18)21-16-5-3-4-13-10-19-7-6-14(13)16/h3-8,10H,1-2H3,(H,20,21). The average Bonchev–Trinajstić information content (AvgIpc) is 2.47. The SMILES string of the molecule is Cc1cc(C)c(C#N)c(Nc2cccc3cnccc23)n1. The van der Waals surface area contributed by atoms with Crippen molar-refractivity contribution in [3.8, 4) is 6.07 Å². The summed E-state index contributed by atoms with van der Waals surface area (Å²) in [7, 11) is 0. The Morgan fingerprint density at radius 1 is 1.19 bits per heavy atom. The van der Waals surface area contributed by atoms with Crippen molar-refractivity contribution in [2.45, 2.75) is 13.8 Å². The summed E-state index contributed by atoms with van der Waals surface area (Å²) in [5, 5.41) is 14.7. The lowest BCUT2D eigenvalue weighted by molar-refractivity contribution is 1.16. The fourth-order valence-corrected chi connectivity index (χ4v) is 2.43. The topological polar surface area (TPSA) is 61.6 Å². The fourth-order valence-electron chi connectivity index (χ4n) is 2.43. The van der Waals surface area contributed by atoms with Crippen LogP contribution in [0.4, 0.5) is 11.5 Å². The largest absolute Gasteiger partial charge is 0.339 e. The maximum absolute atomic E-state index is 9.34. The molecular weight excluding hydrogens is 260 g/mol. The Bertz CT molecular complexity index is 857. The number of fused-ring (bicyclic) bond motifs is 1. The Morgan fingerprint density at radius 2 is 2.05 bits per heavy atom. The second-order valence-electron chi connectivity index (χ2n) is 4.94. The van der Waals surface area contributed by atoms with Crippen LogP contribution in [-0.2, 0) is 0 Å². The van der Waals surface area contributed by atoms with E-state index in [2.05, 4.69) is 21.4 Å². The number of benzene rings is 1. The van der Waals surface area contributed by atoms with Crippen molar-refractivity contribution < 1.29 is 0 Å². The van der Waals surface area contributed by atoms with Gasteiger partial charge in [-0.3, -0.25) is 4.98 Å². The Labute approximate surface area is 123 Å². The van der Waals surface area contributed by atoms with Gasteiger partial charge in [-0.1, -0.05) is 12.1 Å². The number of aryl methyl sites for hydroxylation is 2. The van der Waals surface area contributed by atoms with Gasteiger partial charge in [0, 0.05) is 34.5 Å². The molecule has 0 aliphatic rings. The van der Waals surface area contributed by atoms with Gasteiger partial charge in [0.2, 0.25) is 0 Å². The van der Waals surface area contributed by atoms with Crippen molar-refractivity contribution in [1.82, 2.24) is 9.97 Å². The van der Waals surface area contributed by atoms with Crippen molar-refractivity contribution in [1.29, 1.82) is 5.26 Å². The average molecular weight is 274 g/mol. The summed E-state index contributed by atoms with van der Waals surface area (Å²) in [6.45, 7) is 3.85. The zero-order chi connectivity index (χ0) is 14.8. The first-order valence-electron chi connectivity index (χ1n) is 6.67. The van der Waals surface area contributed by atoms with Crippen molar-refractivity contribution in [3.63, 3.8) is 0 Å². The molecule has 0 atom stereocenters. The molecule has 3 aromatic rings. The zero-order valence-electron chi connectivity index (χ0n) is 11.9. The molecule has 0 fully saturated rings. The first-order chi connectivity index (χ1) is 10.2. The van der Waals surface area contributed by atoms with Gasteiger partial charge in [-0.25, -0.2) is 4.98 Å². The van der Waals surface area contributed by atoms with Crippen LogP contribution in [0.3, 0.4) is 0 Å². The molecule has 2 heterocycles. The van der Waals surface area contributed by atoms with Gasteiger partial charge in [-0.2, -0.15) is 5.26 Å². The third kappa shape index (κ3) is 2.41. The number of hydrogen-bond acceptors (Lipinski definition) is 4. The van der Waals surface area contributed by atoms with E-state index in [0.717, 1.165) is 27.7 Å². The molecule has 4 heteroatoms. The zero-order valence-corrected chi connectivity index (χ0v) is 11.9. The number of anilines is 2. The molecule has 0 unspecified atom stereocenters. The van der Waals surface area contributed by atoms with E-state index in [-0.39, 0.29) is 0 Å². The number of pyridine rings is 2. The van der Waals surface area contributed by atoms with E-state index in [1.807, 2.05) is 50.4 Å². The molecule has 0 saturated heterocycles. The number of nitriles is 1. The molecule has 0 amide bonds. The van der Waals surface area contributed by atoms with Crippen molar-refractivity contribution >= 4 is 22.3 Å². The minimum Gasteiger partial charge on any atom is -0.339 e. The molecule has 0 spiro atoms. The number of rotatable bonds is 2. The maximum atomic E-state index is 9.34. The molecule has 2 aromatic heterocycles. The van der Waals surface area contributed by atoms with E-state index < -0.39 is 0 Å². The molecule has 0 aliphatic carbocycles. The second-order valence-corrected chi connectivity index (χ2v) is 4.94. The molecule has 21 heavy (non-hydrogen) atoms. The maximum Gasteiger partial charge on any atom is 0.148 e. The molecular formula is C17H14N4. The first kappa shape index (κ1) is 13.1. The number of hydrogen-bond donors (Lipinski definition) is 1. The lowest BCUT2D eigenvalue weighted by Crippen LogP contribution is -2.01. The fraction of sp³-hybridized carbons (Fsp3) is 0.118. The summed E-state index contributed by atoms with van der Waals surface area (Å²) in [4.78, 5) is 8.58. The van der Waals surface area contributed by atoms with E-state index in [9.17, 15) is 5.26 Å². The van der Waals surface area contributed by atoms with Gasteiger partial charge in [0.05, 0.1) is 5.56 Å². The highest BCUT2D eigenvalue weighted by Crippen LogP contribution is 2.27. The van der Waals surface area contributed by atoms with Crippen molar-refractivity contribution in [2.24, 2.45) is 0 Å². The quantitative estimate of drug-likeness (QED) is 0.770. The predicted molar refractivity (Wildman–Crippen MR) is 83.5 cm³/mol. The van der Waals surface area contributed by atoms with Crippen LogP contribution in [0.1, 0.15) is 16.8 Å². The minimum atomic E-state index is 0.576. The van der Waals surface area contributed by atoms with Crippen molar-refractivity contribution in [2.75, 3.05) is 5.32 Å². The van der Waals surface area contributed by atoms with Crippen LogP contribution >= 0.6 is 0 Å². The summed E-state index contributed by atoms with van der Waals surface area (Å²) in [6.07, 6.45) is 3.58. The highest BCUT2D eigenvalue weighted by molar-refractivity contribution is 5.94. The highest BCUT2D eigenvalue weighted by atomic mass is 15.0. The lowest BCUT2D eigenvalue weighted by Gasteiger charge is -2.12. The smallest absolute Gasteiger partial charge is 0.148 e. The second kappa shape index (κ2) is 5.22. The van der Waals surface area contributed by atoms with E-state index in [1.54, 1.807) is 6.20 Å². The molecule has 1 aromatic carbocycles. The van der Waals surface area contributed by atoms with Gasteiger partial charge in [0.1, 0.15) is 11.9 Å². The van der Waals surface area contributed by atoms with Gasteiger partial charge in [-0.05, 0) is 37.6 Å². The van der Waals surface area contributed by atoms with E-state index in [0.29, 0.717) is 11.4 Å². The van der Waals surface area contributed by atoms with Crippen LogP contribution in [0.5, 0.6) is 0 Å². The summed E-state index contributed by atoms with van der Waals surface area (Å²) in [6, 6.07) is 12.0. The summed E-state index contributed by atoms with van der Waals surface area (Å²) < 4.78 is 0. The Balaban J connectivity index is 2.14. The normalized spacial score (nSPS) is 10.3. The lowest BCUT2D eigenvalue weighted by atomic mass is 10.1. The van der Waals surface area contributed by atoms with Gasteiger partial charge in [0.25, 0.3) is 0 Å². The molecule has 0 radical (unpaired) electrons. The van der Waals surface area contributed by atoms with Crippen LogP contribution in [0, 0.1) is 25.2 Å².